The van der Waals surface area contributed by atoms with E-state index in [-0.39, 0.29) is 24.9 Å². The van der Waals surface area contributed by atoms with Crippen LogP contribution in [-0.4, -0.2) is 116 Å². The summed E-state index contributed by atoms with van der Waals surface area (Å²) in [5.41, 5.74) is -1.61. The maximum Gasteiger partial charge on any atom is 0.411 e. The van der Waals surface area contributed by atoms with E-state index in [1.54, 1.807) is 20.8 Å². The highest BCUT2D eigenvalue weighted by Crippen LogP contribution is 2.38. The molecular formula is C30H50N2O9S. The van der Waals surface area contributed by atoms with Gasteiger partial charge in [0.2, 0.25) is 5.91 Å². The molecule has 4 aliphatic rings. The summed E-state index contributed by atoms with van der Waals surface area (Å²) >= 11 is 1.24. The number of amides is 2. The number of carbonyl (C=O) groups excluding carboxylic acids is 2. The first-order valence-corrected chi connectivity index (χ1v) is 16.3. The Morgan fingerprint density at radius 2 is 1.88 bits per heavy atom. The predicted octanol–water partition coefficient (Wildman–Crippen LogP) is 1.66. The molecule has 11 atom stereocenters. The maximum absolute atomic E-state index is 14.1. The van der Waals surface area contributed by atoms with Gasteiger partial charge < -0.3 is 40.0 Å². The minimum absolute atomic E-state index is 0.0388. The molecule has 0 aromatic carbocycles. The minimum atomic E-state index is -1.48. The first-order valence-electron chi connectivity index (χ1n) is 15.3. The summed E-state index contributed by atoms with van der Waals surface area (Å²) in [4.78, 5) is 29.0. The highest BCUT2D eigenvalue weighted by atomic mass is 32.2. The molecule has 4 aliphatic heterocycles. The first kappa shape index (κ1) is 33.5. The van der Waals surface area contributed by atoms with Crippen LogP contribution in [0.3, 0.4) is 0 Å². The van der Waals surface area contributed by atoms with Crippen LogP contribution in [0, 0.1) is 23.7 Å². The molecule has 5 N–H and O–H groups in total. The van der Waals surface area contributed by atoms with Gasteiger partial charge in [-0.25, -0.2) is 4.79 Å². The van der Waals surface area contributed by atoms with Gasteiger partial charge in [-0.2, -0.15) is 0 Å². The molecule has 0 radical (unpaired) electrons. The molecule has 4 unspecified atom stereocenters. The van der Waals surface area contributed by atoms with Gasteiger partial charge in [0.1, 0.15) is 41.5 Å². The smallest absolute Gasteiger partial charge is 0.411 e. The van der Waals surface area contributed by atoms with Crippen molar-refractivity contribution in [3.05, 3.63) is 12.2 Å². The van der Waals surface area contributed by atoms with Crippen molar-refractivity contribution in [1.82, 2.24) is 10.2 Å². The van der Waals surface area contributed by atoms with Crippen LogP contribution in [0.5, 0.6) is 0 Å². The molecule has 0 aromatic rings. The number of aliphatic hydroxyl groups excluding tert-OH is 4. The van der Waals surface area contributed by atoms with Crippen LogP contribution in [-0.2, 0) is 19.0 Å². The van der Waals surface area contributed by atoms with Crippen molar-refractivity contribution in [2.24, 2.45) is 23.7 Å². The number of nitrogens with zero attached hydrogens (tertiary/aromatic N) is 1. The van der Waals surface area contributed by atoms with Gasteiger partial charge in [0, 0.05) is 30.7 Å². The number of fused-ring (bicyclic) bond motifs is 3. The zero-order chi connectivity index (χ0) is 30.8. The van der Waals surface area contributed by atoms with Crippen molar-refractivity contribution in [1.29, 1.82) is 0 Å². The van der Waals surface area contributed by atoms with E-state index in [1.165, 1.54) is 16.7 Å². The number of likely N-dealkylation sites (tertiary alicyclic amines) is 1. The summed E-state index contributed by atoms with van der Waals surface area (Å²) in [6.07, 6.45) is 0.318. The SMILES string of the molecule is CC(C)C[C@@H]1CCO[C@@H]2[C@@H](C1)CN(C(=O)OC(C)(C)C)[C@@H]2C(=O)N[C@@H]1C/C=C\C(CO)CSC2O[C@H]1C(O)C(O)[C@H]2O. The lowest BCUT2D eigenvalue weighted by atomic mass is 9.85. The molecule has 42 heavy (non-hydrogen) atoms. The number of nitrogens with one attached hydrogen (secondary N) is 1. The van der Waals surface area contributed by atoms with Crippen LogP contribution >= 0.6 is 11.8 Å². The van der Waals surface area contributed by atoms with E-state index in [0.717, 1.165) is 19.3 Å². The molecule has 2 amide bonds. The van der Waals surface area contributed by atoms with Crippen LogP contribution in [0.15, 0.2) is 12.2 Å². The predicted molar refractivity (Wildman–Crippen MR) is 158 cm³/mol. The lowest BCUT2D eigenvalue weighted by Gasteiger charge is -2.44. The van der Waals surface area contributed by atoms with Crippen molar-refractivity contribution in [3.63, 3.8) is 0 Å². The Labute approximate surface area is 253 Å². The van der Waals surface area contributed by atoms with Gasteiger partial charge in [-0.3, -0.25) is 9.69 Å². The quantitative estimate of drug-likeness (QED) is 0.289. The van der Waals surface area contributed by atoms with Gasteiger partial charge in [0.15, 0.2) is 0 Å². The average molecular weight is 615 g/mol. The molecule has 0 aromatic heterocycles. The number of thioether (sulfide) groups is 1. The first-order chi connectivity index (χ1) is 19.8. The van der Waals surface area contributed by atoms with E-state index < -0.39 is 65.6 Å². The molecule has 0 saturated carbocycles. The number of hydrogen-bond acceptors (Lipinski definition) is 10. The molecule has 4 rings (SSSR count). The zero-order valence-corrected chi connectivity index (χ0v) is 26.2. The van der Waals surface area contributed by atoms with Gasteiger partial charge in [-0.05, 0) is 58.3 Å². The van der Waals surface area contributed by atoms with Gasteiger partial charge in [0.25, 0.3) is 0 Å². The summed E-state index contributed by atoms with van der Waals surface area (Å²) in [5.74, 6) is 0.704. The molecule has 240 valence electrons. The van der Waals surface area contributed by atoms with Crippen molar-refractivity contribution in [2.75, 3.05) is 25.5 Å². The van der Waals surface area contributed by atoms with Gasteiger partial charge in [-0.1, -0.05) is 26.0 Å². The third-order valence-electron chi connectivity index (χ3n) is 8.55. The summed E-state index contributed by atoms with van der Waals surface area (Å²) in [5, 5.41) is 44.9. The van der Waals surface area contributed by atoms with Crippen molar-refractivity contribution in [3.8, 4) is 0 Å². The number of rotatable bonds is 5. The third-order valence-corrected chi connectivity index (χ3v) is 9.89. The normalized spacial score (nSPS) is 40.1. The Hall–Kier alpha value is -1.41. The highest BCUT2D eigenvalue weighted by molar-refractivity contribution is 7.99. The summed E-state index contributed by atoms with van der Waals surface area (Å²) in [6, 6.07) is -1.74. The van der Waals surface area contributed by atoms with Crippen LogP contribution in [0.4, 0.5) is 4.79 Å². The minimum Gasteiger partial charge on any atom is -0.444 e. The Morgan fingerprint density at radius 3 is 2.55 bits per heavy atom. The van der Waals surface area contributed by atoms with Gasteiger partial charge in [0.05, 0.1) is 18.8 Å². The standard InChI is InChI=1S/C30H50N2O9S/c1-16(2)11-17-9-10-39-25-19(12-17)13-32(29(38)41-30(3,4)5)21(25)27(37)31-20-8-6-7-18(14-33)15-42-28-24(36)22(34)23(35)26(20)40-28/h6-7,16-26,28,33-36H,8-15H2,1-5H3,(H,31,37)/b7-6-/t17-,18?,19-,20+,21-,22?,23?,24+,25+,26+,28?/m0/s1. The van der Waals surface area contributed by atoms with Gasteiger partial charge in [-0.15, -0.1) is 11.8 Å². The Kier molecular flexibility index (Phi) is 11.3. The van der Waals surface area contributed by atoms with Crippen LogP contribution in [0.2, 0.25) is 0 Å². The summed E-state index contributed by atoms with van der Waals surface area (Å²) < 4.78 is 18.1. The lowest BCUT2D eigenvalue weighted by molar-refractivity contribution is -0.205. The molecule has 3 fully saturated rings. The van der Waals surface area contributed by atoms with Crippen molar-refractivity contribution in [2.45, 2.75) is 114 Å². The third kappa shape index (κ3) is 7.99. The maximum atomic E-state index is 14.1. The Morgan fingerprint density at radius 1 is 1.14 bits per heavy atom. The molecule has 3 saturated heterocycles. The molecule has 2 bridgehead atoms. The fraction of sp³-hybridized carbons (Fsp3) is 0.867. The van der Waals surface area contributed by atoms with E-state index in [9.17, 15) is 30.0 Å². The zero-order valence-electron chi connectivity index (χ0n) is 25.4. The lowest BCUT2D eigenvalue weighted by Crippen LogP contribution is -2.64. The van der Waals surface area contributed by atoms with Gasteiger partial charge >= 0.3 is 6.09 Å². The van der Waals surface area contributed by atoms with E-state index >= 15 is 0 Å². The van der Waals surface area contributed by atoms with Crippen LogP contribution in [0.25, 0.3) is 0 Å². The fourth-order valence-electron chi connectivity index (χ4n) is 6.63. The second-order valence-corrected chi connectivity index (χ2v) is 14.8. The Bertz CT molecular complexity index is 960. The second-order valence-electron chi connectivity index (χ2n) is 13.7. The number of carbonyl (C=O) groups is 2. The Balaban J connectivity index is 1.61. The second kappa shape index (κ2) is 14.1. The molecule has 11 nitrogen and oxygen atoms in total. The molecule has 12 heteroatoms. The molecular weight excluding hydrogens is 564 g/mol. The highest BCUT2D eigenvalue weighted by Gasteiger charge is 2.53. The van der Waals surface area contributed by atoms with Crippen LogP contribution in [0.1, 0.15) is 60.3 Å². The van der Waals surface area contributed by atoms with E-state index in [1.807, 2.05) is 12.2 Å². The fourth-order valence-corrected chi connectivity index (χ4v) is 7.85. The van der Waals surface area contributed by atoms with E-state index in [4.69, 9.17) is 14.2 Å². The molecule has 4 heterocycles. The molecule has 0 spiro atoms. The van der Waals surface area contributed by atoms with Crippen molar-refractivity contribution < 1.29 is 44.2 Å². The van der Waals surface area contributed by atoms with Crippen LogP contribution < -0.4 is 5.32 Å². The topological polar surface area (TPSA) is 158 Å². The monoisotopic (exact) mass is 614 g/mol. The average Bonchev–Trinajstić information content (AvgIpc) is 3.15. The van der Waals surface area contributed by atoms with E-state index in [2.05, 4.69) is 19.2 Å². The largest absolute Gasteiger partial charge is 0.444 e. The summed E-state index contributed by atoms with van der Waals surface area (Å²) in [6.45, 7) is 10.5. The number of ether oxygens (including phenoxy) is 3. The summed E-state index contributed by atoms with van der Waals surface area (Å²) in [7, 11) is 0. The number of aliphatic hydroxyl groups is 4. The number of hydrogen-bond donors (Lipinski definition) is 5. The van der Waals surface area contributed by atoms with Crippen molar-refractivity contribution >= 4 is 23.8 Å². The molecule has 0 aliphatic carbocycles. The van der Waals surface area contributed by atoms with E-state index in [0.29, 0.717) is 30.7 Å².